The van der Waals surface area contributed by atoms with Crippen molar-refractivity contribution in [3.8, 4) is 0 Å². The van der Waals surface area contributed by atoms with Crippen LogP contribution < -0.4 is 11.1 Å². The number of aromatic nitrogens is 2. The molecule has 0 aromatic carbocycles. The van der Waals surface area contributed by atoms with Crippen LogP contribution in [0.3, 0.4) is 0 Å². The second-order valence-electron chi connectivity index (χ2n) is 2.85. The lowest BCUT2D eigenvalue weighted by molar-refractivity contribution is 0.120. The average Bonchev–Trinajstić information content (AvgIpc) is 2.53. The number of ether oxygens (including phenoxy) is 1. The first kappa shape index (κ1) is 10.0. The van der Waals surface area contributed by atoms with E-state index < -0.39 is 0 Å². The van der Waals surface area contributed by atoms with E-state index in [1.807, 2.05) is 19.3 Å². The predicted molar refractivity (Wildman–Crippen MR) is 51.5 cm³/mol. The molecule has 3 N–H and O–H groups in total. The lowest BCUT2D eigenvalue weighted by Gasteiger charge is -2.12. The summed E-state index contributed by atoms with van der Waals surface area (Å²) in [6, 6.07) is 1.91. The third kappa shape index (κ3) is 3.04. The van der Waals surface area contributed by atoms with Gasteiger partial charge in [0.15, 0.2) is 0 Å². The summed E-state index contributed by atoms with van der Waals surface area (Å²) in [5.41, 5.74) is 5.46. The molecule has 0 spiro atoms. The molecule has 0 aliphatic carbocycles. The Kier molecular flexibility index (Phi) is 3.72. The summed E-state index contributed by atoms with van der Waals surface area (Å²) in [5, 5.41) is 7.29. The Morgan fingerprint density at radius 2 is 2.54 bits per heavy atom. The van der Waals surface area contributed by atoms with E-state index in [1.165, 1.54) is 0 Å². The number of anilines is 1. The molecule has 5 nitrogen and oxygen atoms in total. The summed E-state index contributed by atoms with van der Waals surface area (Å²) in [7, 11) is 3.53. The molecule has 0 radical (unpaired) electrons. The van der Waals surface area contributed by atoms with Gasteiger partial charge in [0.2, 0.25) is 0 Å². The van der Waals surface area contributed by atoms with Crippen LogP contribution in [-0.4, -0.2) is 36.1 Å². The summed E-state index contributed by atoms with van der Waals surface area (Å²) in [5.74, 6) is 0.845. The maximum Gasteiger partial charge on any atom is 0.148 e. The van der Waals surface area contributed by atoms with Gasteiger partial charge in [0.25, 0.3) is 0 Å². The van der Waals surface area contributed by atoms with Gasteiger partial charge in [-0.05, 0) is 0 Å². The van der Waals surface area contributed by atoms with Crippen LogP contribution >= 0.6 is 0 Å². The van der Waals surface area contributed by atoms with Gasteiger partial charge in [-0.15, -0.1) is 0 Å². The molecule has 0 fully saturated rings. The summed E-state index contributed by atoms with van der Waals surface area (Å²) < 4.78 is 6.85. The fourth-order valence-electron chi connectivity index (χ4n) is 0.991. The second-order valence-corrected chi connectivity index (χ2v) is 2.85. The SMILES string of the molecule is COC(CN)CNc1ccn(C)n1. The molecule has 1 unspecified atom stereocenters. The van der Waals surface area contributed by atoms with Crippen LogP contribution in [0.25, 0.3) is 0 Å². The molecule has 0 bridgehead atoms. The molecule has 0 amide bonds. The van der Waals surface area contributed by atoms with Crippen LogP contribution in [0.4, 0.5) is 5.82 Å². The van der Waals surface area contributed by atoms with Crippen molar-refractivity contribution in [1.82, 2.24) is 9.78 Å². The lowest BCUT2D eigenvalue weighted by Crippen LogP contribution is -2.30. The fourth-order valence-corrected chi connectivity index (χ4v) is 0.991. The smallest absolute Gasteiger partial charge is 0.148 e. The van der Waals surface area contributed by atoms with Crippen molar-refractivity contribution in [1.29, 1.82) is 0 Å². The minimum Gasteiger partial charge on any atom is -0.378 e. The molecular weight excluding hydrogens is 168 g/mol. The van der Waals surface area contributed by atoms with E-state index in [2.05, 4.69) is 10.4 Å². The van der Waals surface area contributed by atoms with E-state index in [0.29, 0.717) is 13.1 Å². The summed E-state index contributed by atoms with van der Waals surface area (Å²) in [6.07, 6.45) is 1.93. The Bertz CT molecular complexity index is 244. The molecule has 1 aromatic heterocycles. The van der Waals surface area contributed by atoms with E-state index in [0.717, 1.165) is 5.82 Å². The Labute approximate surface area is 77.9 Å². The van der Waals surface area contributed by atoms with E-state index in [9.17, 15) is 0 Å². The molecule has 0 saturated heterocycles. The molecule has 74 valence electrons. The third-order valence-corrected chi connectivity index (χ3v) is 1.82. The average molecular weight is 184 g/mol. The first-order valence-electron chi connectivity index (χ1n) is 4.22. The predicted octanol–water partition coefficient (Wildman–Crippen LogP) is -0.194. The highest BCUT2D eigenvalue weighted by molar-refractivity contribution is 5.32. The Morgan fingerprint density at radius 3 is 3.00 bits per heavy atom. The zero-order valence-corrected chi connectivity index (χ0v) is 8.03. The van der Waals surface area contributed by atoms with Gasteiger partial charge in [0, 0.05) is 39.5 Å². The summed E-state index contributed by atoms with van der Waals surface area (Å²) in [4.78, 5) is 0. The maximum absolute atomic E-state index is 5.46. The van der Waals surface area contributed by atoms with Gasteiger partial charge in [-0.2, -0.15) is 5.10 Å². The van der Waals surface area contributed by atoms with Crippen LogP contribution in [0.15, 0.2) is 12.3 Å². The molecule has 0 saturated carbocycles. The largest absolute Gasteiger partial charge is 0.378 e. The Hall–Kier alpha value is -1.07. The first-order valence-corrected chi connectivity index (χ1v) is 4.22. The van der Waals surface area contributed by atoms with E-state index >= 15 is 0 Å². The van der Waals surface area contributed by atoms with Crippen molar-refractivity contribution >= 4 is 5.82 Å². The molecule has 0 aliphatic heterocycles. The quantitative estimate of drug-likeness (QED) is 0.665. The van der Waals surface area contributed by atoms with Crippen molar-refractivity contribution in [3.05, 3.63) is 12.3 Å². The van der Waals surface area contributed by atoms with Gasteiger partial charge < -0.3 is 15.8 Å². The number of aryl methyl sites for hydroxylation is 1. The highest BCUT2D eigenvalue weighted by Gasteiger charge is 2.04. The van der Waals surface area contributed by atoms with Gasteiger partial charge in [0.1, 0.15) is 5.82 Å². The first-order chi connectivity index (χ1) is 6.26. The highest BCUT2D eigenvalue weighted by Crippen LogP contribution is 2.00. The standard InChI is InChI=1S/C8H16N4O/c1-12-4-3-8(11-12)10-6-7(5-9)13-2/h3-4,7H,5-6,9H2,1-2H3,(H,10,11). The third-order valence-electron chi connectivity index (χ3n) is 1.82. The van der Waals surface area contributed by atoms with Gasteiger partial charge in [-0.1, -0.05) is 0 Å². The molecule has 1 atom stereocenters. The fraction of sp³-hybridized carbons (Fsp3) is 0.625. The van der Waals surface area contributed by atoms with Crippen LogP contribution in [0.2, 0.25) is 0 Å². The lowest BCUT2D eigenvalue weighted by atomic mass is 10.3. The Balaban J connectivity index is 2.33. The van der Waals surface area contributed by atoms with Gasteiger partial charge in [-0.3, -0.25) is 4.68 Å². The number of nitrogens with two attached hydrogens (primary N) is 1. The van der Waals surface area contributed by atoms with Gasteiger partial charge >= 0.3 is 0 Å². The molecule has 1 heterocycles. The minimum atomic E-state index is 0.0435. The molecular formula is C8H16N4O. The normalized spacial score (nSPS) is 12.8. The molecule has 5 heteroatoms. The zero-order chi connectivity index (χ0) is 9.68. The number of hydrogen-bond acceptors (Lipinski definition) is 4. The topological polar surface area (TPSA) is 65.1 Å². The second kappa shape index (κ2) is 4.84. The Morgan fingerprint density at radius 1 is 1.77 bits per heavy atom. The highest BCUT2D eigenvalue weighted by atomic mass is 16.5. The number of nitrogens with one attached hydrogen (secondary N) is 1. The maximum atomic E-state index is 5.46. The van der Waals surface area contributed by atoms with Crippen molar-refractivity contribution in [2.45, 2.75) is 6.10 Å². The van der Waals surface area contributed by atoms with Gasteiger partial charge in [-0.25, -0.2) is 0 Å². The minimum absolute atomic E-state index is 0.0435. The molecule has 0 aliphatic rings. The van der Waals surface area contributed by atoms with Crippen molar-refractivity contribution in [2.75, 3.05) is 25.5 Å². The van der Waals surface area contributed by atoms with Crippen molar-refractivity contribution in [3.63, 3.8) is 0 Å². The van der Waals surface area contributed by atoms with Crippen molar-refractivity contribution in [2.24, 2.45) is 12.8 Å². The molecule has 1 aromatic rings. The van der Waals surface area contributed by atoms with Gasteiger partial charge in [0.05, 0.1) is 6.10 Å². The summed E-state index contributed by atoms with van der Waals surface area (Å²) in [6.45, 7) is 1.19. The van der Waals surface area contributed by atoms with Crippen LogP contribution in [-0.2, 0) is 11.8 Å². The summed E-state index contributed by atoms with van der Waals surface area (Å²) >= 11 is 0. The number of rotatable bonds is 5. The molecule has 1 rings (SSSR count). The van der Waals surface area contributed by atoms with Crippen molar-refractivity contribution < 1.29 is 4.74 Å². The number of nitrogens with zero attached hydrogens (tertiary/aromatic N) is 2. The number of hydrogen-bond donors (Lipinski definition) is 2. The van der Waals surface area contributed by atoms with Crippen LogP contribution in [0, 0.1) is 0 Å². The van der Waals surface area contributed by atoms with E-state index in [1.54, 1.807) is 11.8 Å². The van der Waals surface area contributed by atoms with E-state index in [4.69, 9.17) is 10.5 Å². The number of methoxy groups -OCH3 is 1. The van der Waals surface area contributed by atoms with Crippen LogP contribution in [0.1, 0.15) is 0 Å². The molecule has 13 heavy (non-hydrogen) atoms. The zero-order valence-electron chi connectivity index (χ0n) is 8.03. The van der Waals surface area contributed by atoms with E-state index in [-0.39, 0.29) is 6.10 Å². The monoisotopic (exact) mass is 184 g/mol. The van der Waals surface area contributed by atoms with Crippen LogP contribution in [0.5, 0.6) is 0 Å².